The fraction of sp³-hybridized carbons (Fsp3) is 0.0938. The van der Waals surface area contributed by atoms with Gasteiger partial charge >= 0.3 is 0 Å². The zero-order valence-electron chi connectivity index (χ0n) is 22.6. The van der Waals surface area contributed by atoms with Crippen LogP contribution in [0.25, 0.3) is 16.3 Å². The predicted molar refractivity (Wildman–Crippen MR) is 169 cm³/mol. The van der Waals surface area contributed by atoms with Crippen LogP contribution < -0.4 is 16.0 Å². The van der Waals surface area contributed by atoms with E-state index in [1.165, 1.54) is 23.1 Å². The molecule has 0 spiro atoms. The zero-order chi connectivity index (χ0) is 29.3. The van der Waals surface area contributed by atoms with E-state index in [1.807, 2.05) is 49.4 Å². The molecule has 5 aromatic rings. The second-order valence-corrected chi connectivity index (χ2v) is 11.4. The summed E-state index contributed by atoms with van der Waals surface area (Å²) in [7, 11) is 0. The number of aromatic nitrogens is 2. The summed E-state index contributed by atoms with van der Waals surface area (Å²) in [6, 6.07) is 27.2. The third kappa shape index (κ3) is 7.48. The van der Waals surface area contributed by atoms with Gasteiger partial charge in [0.15, 0.2) is 5.13 Å². The SMILES string of the molecule is CCC(Sc1cccc(NC(=O)/C(=C/c2cccnc2)NC(=O)c2ccccc2)c1)C(=O)Nc1nc2ccccc2s1. The van der Waals surface area contributed by atoms with Crippen molar-refractivity contribution in [1.82, 2.24) is 15.3 Å². The van der Waals surface area contributed by atoms with Gasteiger partial charge < -0.3 is 16.0 Å². The first-order valence-electron chi connectivity index (χ1n) is 13.2. The van der Waals surface area contributed by atoms with Gasteiger partial charge in [-0.15, -0.1) is 11.8 Å². The average Bonchev–Trinajstić information content (AvgIpc) is 3.43. The van der Waals surface area contributed by atoms with E-state index in [0.29, 0.717) is 28.4 Å². The molecule has 2 heterocycles. The van der Waals surface area contributed by atoms with Crippen LogP contribution in [-0.2, 0) is 9.59 Å². The number of thioether (sulfide) groups is 1. The third-order valence-corrected chi connectivity index (χ3v) is 8.39. The van der Waals surface area contributed by atoms with Gasteiger partial charge in [-0.05, 0) is 66.6 Å². The Morgan fingerprint density at radius 1 is 0.929 bits per heavy atom. The van der Waals surface area contributed by atoms with Crippen LogP contribution in [0.2, 0.25) is 0 Å². The van der Waals surface area contributed by atoms with Gasteiger partial charge in [-0.3, -0.25) is 19.4 Å². The van der Waals surface area contributed by atoms with Crippen LogP contribution in [-0.4, -0.2) is 32.9 Å². The molecule has 2 aromatic heterocycles. The number of fused-ring (bicyclic) bond motifs is 1. The smallest absolute Gasteiger partial charge is 0.272 e. The molecule has 42 heavy (non-hydrogen) atoms. The number of hydrogen-bond acceptors (Lipinski definition) is 7. The van der Waals surface area contributed by atoms with Crippen LogP contribution >= 0.6 is 23.1 Å². The van der Waals surface area contributed by atoms with E-state index in [-0.39, 0.29) is 16.9 Å². The van der Waals surface area contributed by atoms with E-state index < -0.39 is 11.8 Å². The third-order valence-electron chi connectivity index (χ3n) is 6.08. The molecule has 0 aliphatic carbocycles. The molecule has 210 valence electrons. The van der Waals surface area contributed by atoms with Crippen molar-refractivity contribution in [1.29, 1.82) is 0 Å². The number of benzene rings is 3. The molecule has 3 aromatic carbocycles. The van der Waals surface area contributed by atoms with Crippen molar-refractivity contribution in [3.05, 3.63) is 120 Å². The Morgan fingerprint density at radius 3 is 2.50 bits per heavy atom. The number of thiazole rings is 1. The van der Waals surface area contributed by atoms with E-state index >= 15 is 0 Å². The summed E-state index contributed by atoms with van der Waals surface area (Å²) in [5, 5.41) is 8.73. The summed E-state index contributed by atoms with van der Waals surface area (Å²) in [6.07, 6.45) is 5.40. The number of carbonyl (C=O) groups excluding carboxylic acids is 3. The molecule has 10 heteroatoms. The zero-order valence-corrected chi connectivity index (χ0v) is 24.2. The molecule has 3 amide bonds. The van der Waals surface area contributed by atoms with Crippen molar-refractivity contribution in [3.8, 4) is 0 Å². The first kappa shape index (κ1) is 28.7. The Labute approximate surface area is 251 Å². The number of pyridine rings is 1. The summed E-state index contributed by atoms with van der Waals surface area (Å²) >= 11 is 2.84. The first-order chi connectivity index (χ1) is 20.5. The molecule has 0 saturated carbocycles. The molecule has 0 aliphatic heterocycles. The number of nitrogens with zero attached hydrogens (tertiary/aromatic N) is 2. The highest BCUT2D eigenvalue weighted by atomic mass is 32.2. The number of para-hydroxylation sites is 1. The normalized spacial score (nSPS) is 12.0. The lowest BCUT2D eigenvalue weighted by Gasteiger charge is -2.15. The van der Waals surface area contributed by atoms with Crippen molar-refractivity contribution >= 4 is 67.9 Å². The van der Waals surface area contributed by atoms with Crippen LogP contribution in [0, 0.1) is 0 Å². The lowest BCUT2D eigenvalue weighted by molar-refractivity contribution is -0.116. The molecule has 3 N–H and O–H groups in total. The molecule has 1 unspecified atom stereocenters. The van der Waals surface area contributed by atoms with Crippen LogP contribution in [0.1, 0.15) is 29.3 Å². The lowest BCUT2D eigenvalue weighted by atomic mass is 10.2. The second-order valence-electron chi connectivity index (χ2n) is 9.14. The predicted octanol–water partition coefficient (Wildman–Crippen LogP) is 6.61. The van der Waals surface area contributed by atoms with Crippen LogP contribution in [0.3, 0.4) is 0 Å². The van der Waals surface area contributed by atoms with Gasteiger partial charge in [0.2, 0.25) is 5.91 Å². The van der Waals surface area contributed by atoms with Gasteiger partial charge in [-0.25, -0.2) is 4.98 Å². The summed E-state index contributed by atoms with van der Waals surface area (Å²) in [4.78, 5) is 48.7. The van der Waals surface area contributed by atoms with E-state index in [9.17, 15) is 14.4 Å². The molecule has 0 aliphatic rings. The molecule has 0 fully saturated rings. The lowest BCUT2D eigenvalue weighted by Crippen LogP contribution is -2.30. The number of nitrogens with one attached hydrogen (secondary N) is 3. The minimum absolute atomic E-state index is 0.0663. The minimum Gasteiger partial charge on any atom is -0.321 e. The van der Waals surface area contributed by atoms with Crippen molar-refractivity contribution < 1.29 is 14.4 Å². The number of carbonyl (C=O) groups is 3. The number of anilines is 2. The van der Waals surface area contributed by atoms with Crippen LogP contribution in [0.5, 0.6) is 0 Å². The number of amides is 3. The molecule has 0 radical (unpaired) electrons. The van der Waals surface area contributed by atoms with Crippen LogP contribution in [0.15, 0.2) is 114 Å². The molecule has 1 atom stereocenters. The van der Waals surface area contributed by atoms with Gasteiger partial charge in [0.05, 0.1) is 15.5 Å². The Kier molecular flexibility index (Phi) is 9.37. The van der Waals surface area contributed by atoms with Crippen molar-refractivity contribution in [2.24, 2.45) is 0 Å². The molecule has 5 rings (SSSR count). The number of rotatable bonds is 10. The van der Waals surface area contributed by atoms with Crippen molar-refractivity contribution in [2.45, 2.75) is 23.5 Å². The van der Waals surface area contributed by atoms with Gasteiger partial charge in [-0.2, -0.15) is 0 Å². The van der Waals surface area contributed by atoms with Gasteiger partial charge in [-0.1, -0.05) is 60.7 Å². The van der Waals surface area contributed by atoms with Gasteiger partial charge in [0, 0.05) is 28.5 Å². The quantitative estimate of drug-likeness (QED) is 0.124. The van der Waals surface area contributed by atoms with E-state index in [0.717, 1.165) is 15.1 Å². The molecule has 0 bridgehead atoms. The van der Waals surface area contributed by atoms with E-state index in [1.54, 1.807) is 67.0 Å². The highest BCUT2D eigenvalue weighted by Gasteiger charge is 2.20. The summed E-state index contributed by atoms with van der Waals surface area (Å²) in [5.74, 6) is -1.04. The summed E-state index contributed by atoms with van der Waals surface area (Å²) < 4.78 is 1.01. The Balaban J connectivity index is 1.29. The maximum Gasteiger partial charge on any atom is 0.272 e. The fourth-order valence-electron chi connectivity index (χ4n) is 4.01. The van der Waals surface area contributed by atoms with Crippen LogP contribution in [0.4, 0.5) is 10.8 Å². The molecular formula is C32H27N5O3S2. The standard InChI is InChI=1S/C32H27N5O3S2/c1-2-27(31(40)37-32-36-25-15-6-7-16-28(25)42-32)41-24-14-8-13-23(19-24)34-30(39)26(18-21-10-9-17-33-20-21)35-29(38)22-11-4-3-5-12-22/h3-20,27H,2H2,1H3,(H,34,39)(H,35,38)(H,36,37,40)/b26-18-. The van der Waals surface area contributed by atoms with E-state index in [2.05, 4.69) is 25.9 Å². The highest BCUT2D eigenvalue weighted by Crippen LogP contribution is 2.30. The molecule has 8 nitrogen and oxygen atoms in total. The Morgan fingerprint density at radius 2 is 1.74 bits per heavy atom. The highest BCUT2D eigenvalue weighted by molar-refractivity contribution is 8.00. The Bertz CT molecular complexity index is 1710. The monoisotopic (exact) mass is 593 g/mol. The molecular weight excluding hydrogens is 567 g/mol. The maximum absolute atomic E-state index is 13.4. The second kappa shape index (κ2) is 13.7. The topological polar surface area (TPSA) is 113 Å². The average molecular weight is 594 g/mol. The maximum atomic E-state index is 13.4. The van der Waals surface area contributed by atoms with Crippen molar-refractivity contribution in [3.63, 3.8) is 0 Å². The summed E-state index contributed by atoms with van der Waals surface area (Å²) in [5.41, 5.74) is 2.52. The molecule has 0 saturated heterocycles. The number of hydrogen-bond donors (Lipinski definition) is 3. The van der Waals surface area contributed by atoms with Gasteiger partial charge in [0.1, 0.15) is 5.70 Å². The summed E-state index contributed by atoms with van der Waals surface area (Å²) in [6.45, 7) is 1.95. The largest absolute Gasteiger partial charge is 0.321 e. The minimum atomic E-state index is -0.495. The first-order valence-corrected chi connectivity index (χ1v) is 14.9. The fourth-order valence-corrected chi connectivity index (χ4v) is 5.90. The Hall–Kier alpha value is -4.80. The van der Waals surface area contributed by atoms with Gasteiger partial charge in [0.25, 0.3) is 11.8 Å². The van der Waals surface area contributed by atoms with Crippen molar-refractivity contribution in [2.75, 3.05) is 10.6 Å². The van der Waals surface area contributed by atoms with E-state index in [4.69, 9.17) is 0 Å².